The average Bonchev–Trinajstić information content (AvgIpc) is 2.65. The second kappa shape index (κ2) is 6.72. The van der Waals surface area contributed by atoms with Crippen LogP contribution in [0.2, 0.25) is 0 Å². The Hall–Kier alpha value is -2.15. The Morgan fingerprint density at radius 2 is 1.39 bits per heavy atom. The standard InChI is InChI=1S/C17H10F3IO6S/c18-17(19,20)28(22,23)27-10-2-4-12-14-7-24-15-5-9(26-21)1-3-11(15)13(14)8-25-16(12)6-10/h1-6H,7-8H2. The Balaban J connectivity index is 1.70. The minimum atomic E-state index is -5.75. The lowest BCUT2D eigenvalue weighted by atomic mass is 9.91. The minimum Gasteiger partial charge on any atom is -0.488 e. The molecular weight excluding hydrogens is 516 g/mol. The normalized spacial score (nSPS) is 15.6. The van der Waals surface area contributed by atoms with Crippen molar-refractivity contribution in [2.75, 3.05) is 13.2 Å². The predicted molar refractivity (Wildman–Crippen MR) is 101 cm³/mol. The van der Waals surface area contributed by atoms with E-state index in [-0.39, 0.29) is 19.0 Å². The van der Waals surface area contributed by atoms with Crippen LogP contribution in [0, 0.1) is 0 Å². The molecule has 0 aromatic heterocycles. The molecule has 6 nitrogen and oxygen atoms in total. The summed E-state index contributed by atoms with van der Waals surface area (Å²) in [6.07, 6.45) is 0. The number of alkyl halides is 3. The van der Waals surface area contributed by atoms with E-state index in [9.17, 15) is 21.6 Å². The van der Waals surface area contributed by atoms with E-state index in [1.807, 2.05) is 6.07 Å². The van der Waals surface area contributed by atoms with Gasteiger partial charge in [0.05, 0.1) is 0 Å². The third-order valence-electron chi connectivity index (χ3n) is 4.24. The van der Waals surface area contributed by atoms with Crippen molar-refractivity contribution in [3.05, 3.63) is 47.5 Å². The van der Waals surface area contributed by atoms with Gasteiger partial charge in [0.25, 0.3) is 0 Å². The number of hydrogen-bond donors (Lipinski definition) is 0. The van der Waals surface area contributed by atoms with E-state index in [0.29, 0.717) is 17.1 Å². The van der Waals surface area contributed by atoms with Crippen LogP contribution in [0.3, 0.4) is 0 Å². The molecule has 4 rings (SSSR count). The lowest BCUT2D eigenvalue weighted by molar-refractivity contribution is -0.0500. The molecule has 2 heterocycles. The summed E-state index contributed by atoms with van der Waals surface area (Å²) in [5.41, 5.74) is -2.41. The first kappa shape index (κ1) is 19.2. The van der Waals surface area contributed by atoms with Gasteiger partial charge in [0, 0.05) is 34.4 Å². The van der Waals surface area contributed by atoms with E-state index in [0.717, 1.165) is 28.8 Å². The molecule has 0 radical (unpaired) electrons. The van der Waals surface area contributed by atoms with Gasteiger partial charge in [-0.1, -0.05) is 0 Å². The molecule has 0 fully saturated rings. The van der Waals surface area contributed by atoms with Crippen LogP contribution in [0.5, 0.6) is 23.0 Å². The Morgan fingerprint density at radius 1 is 0.893 bits per heavy atom. The SMILES string of the molecule is O=S(=O)(Oc1ccc2c(c1)OCC1=C2COc2cc(OI)ccc21)C(F)(F)F. The van der Waals surface area contributed by atoms with Crippen LogP contribution >= 0.6 is 23.0 Å². The first-order valence-electron chi connectivity index (χ1n) is 7.75. The second-order valence-electron chi connectivity index (χ2n) is 5.91. The summed E-state index contributed by atoms with van der Waals surface area (Å²) in [5.74, 6) is 0.998. The molecular formula is C17H10F3IO6S. The van der Waals surface area contributed by atoms with E-state index in [1.165, 1.54) is 6.07 Å². The highest BCUT2D eigenvalue weighted by atomic mass is 127. The molecule has 2 aliphatic rings. The molecule has 2 aromatic rings. The summed E-state index contributed by atoms with van der Waals surface area (Å²) in [5, 5.41) is 0. The van der Waals surface area contributed by atoms with Crippen molar-refractivity contribution in [3.63, 3.8) is 0 Å². The fourth-order valence-electron chi connectivity index (χ4n) is 2.97. The molecule has 2 aliphatic heterocycles. The van der Waals surface area contributed by atoms with Crippen LogP contribution in [0.15, 0.2) is 36.4 Å². The monoisotopic (exact) mass is 526 g/mol. The molecule has 28 heavy (non-hydrogen) atoms. The molecule has 0 saturated heterocycles. The van der Waals surface area contributed by atoms with E-state index in [2.05, 4.69) is 4.18 Å². The fraction of sp³-hybridized carbons (Fsp3) is 0.176. The van der Waals surface area contributed by atoms with Crippen molar-refractivity contribution in [1.82, 2.24) is 0 Å². The fourth-order valence-corrected chi connectivity index (χ4v) is 3.70. The van der Waals surface area contributed by atoms with Crippen molar-refractivity contribution in [2.45, 2.75) is 5.51 Å². The van der Waals surface area contributed by atoms with Crippen LogP contribution < -0.4 is 16.7 Å². The Morgan fingerprint density at radius 3 is 1.89 bits per heavy atom. The first-order chi connectivity index (χ1) is 13.2. The molecule has 0 amide bonds. The quantitative estimate of drug-likeness (QED) is 0.337. The first-order valence-corrected chi connectivity index (χ1v) is 10.0. The molecule has 0 spiro atoms. The van der Waals surface area contributed by atoms with E-state index < -0.39 is 21.4 Å². The van der Waals surface area contributed by atoms with Crippen molar-refractivity contribution >= 4 is 44.3 Å². The molecule has 0 unspecified atom stereocenters. The van der Waals surface area contributed by atoms with E-state index >= 15 is 0 Å². The third-order valence-corrected chi connectivity index (χ3v) is 5.73. The maximum atomic E-state index is 12.5. The van der Waals surface area contributed by atoms with E-state index in [1.54, 1.807) is 35.1 Å². The molecule has 2 aromatic carbocycles. The number of halogens is 4. The summed E-state index contributed by atoms with van der Waals surface area (Å²) in [6.45, 7) is 0.378. The van der Waals surface area contributed by atoms with E-state index in [4.69, 9.17) is 12.5 Å². The summed E-state index contributed by atoms with van der Waals surface area (Å²) >= 11 is 1.77. The largest absolute Gasteiger partial charge is 0.534 e. The zero-order valence-electron chi connectivity index (χ0n) is 13.7. The van der Waals surface area contributed by atoms with Gasteiger partial charge in [0.1, 0.15) is 36.2 Å². The average molecular weight is 526 g/mol. The predicted octanol–water partition coefficient (Wildman–Crippen LogP) is 4.34. The Kier molecular flexibility index (Phi) is 4.61. The molecule has 0 bridgehead atoms. The van der Waals surface area contributed by atoms with Gasteiger partial charge in [0.15, 0.2) is 23.0 Å². The highest BCUT2D eigenvalue weighted by Crippen LogP contribution is 2.45. The number of hydrogen-bond acceptors (Lipinski definition) is 6. The highest BCUT2D eigenvalue weighted by Gasteiger charge is 2.48. The van der Waals surface area contributed by atoms with Crippen LogP contribution in [0.25, 0.3) is 11.1 Å². The van der Waals surface area contributed by atoms with Crippen molar-refractivity contribution in [1.29, 1.82) is 0 Å². The number of rotatable bonds is 3. The number of fused-ring (bicyclic) bond motifs is 4. The summed E-state index contributed by atoms with van der Waals surface area (Å²) in [7, 11) is -5.75. The molecule has 0 saturated carbocycles. The van der Waals surface area contributed by atoms with Crippen LogP contribution in [0.1, 0.15) is 11.1 Å². The third kappa shape index (κ3) is 3.26. The van der Waals surface area contributed by atoms with Crippen LogP contribution in [-0.2, 0) is 10.1 Å². The van der Waals surface area contributed by atoms with Crippen molar-refractivity contribution in [2.24, 2.45) is 0 Å². The Labute approximate surface area is 171 Å². The molecule has 148 valence electrons. The summed E-state index contributed by atoms with van der Waals surface area (Å²) in [6, 6.07) is 9.06. The lowest BCUT2D eigenvalue weighted by Crippen LogP contribution is -2.28. The number of ether oxygens (including phenoxy) is 2. The van der Waals surface area contributed by atoms with Crippen molar-refractivity contribution < 1.29 is 38.3 Å². The maximum absolute atomic E-state index is 12.5. The van der Waals surface area contributed by atoms with Crippen molar-refractivity contribution in [3.8, 4) is 23.0 Å². The maximum Gasteiger partial charge on any atom is 0.534 e. The zero-order chi connectivity index (χ0) is 20.1. The Bertz CT molecular complexity index is 1090. The van der Waals surface area contributed by atoms with Gasteiger partial charge in [0.2, 0.25) is 0 Å². The van der Waals surface area contributed by atoms with Gasteiger partial charge in [-0.15, -0.1) is 0 Å². The van der Waals surface area contributed by atoms with Gasteiger partial charge < -0.3 is 16.7 Å². The van der Waals surface area contributed by atoms with Crippen LogP contribution in [0.4, 0.5) is 13.2 Å². The van der Waals surface area contributed by atoms with Gasteiger partial charge in [-0.2, -0.15) is 21.6 Å². The van der Waals surface area contributed by atoms with Gasteiger partial charge in [-0.05, 0) is 24.3 Å². The van der Waals surface area contributed by atoms with Crippen LogP contribution in [-0.4, -0.2) is 27.1 Å². The molecule has 0 N–H and O–H groups in total. The van der Waals surface area contributed by atoms with Gasteiger partial charge in [-0.3, -0.25) is 0 Å². The summed E-state index contributed by atoms with van der Waals surface area (Å²) in [4.78, 5) is 0. The number of benzene rings is 2. The topological polar surface area (TPSA) is 71.1 Å². The molecule has 0 atom stereocenters. The molecule has 0 aliphatic carbocycles. The van der Waals surface area contributed by atoms with Gasteiger partial charge >= 0.3 is 15.6 Å². The summed E-state index contributed by atoms with van der Waals surface area (Å²) < 4.78 is 80.6. The minimum absolute atomic E-state index is 0.151. The van der Waals surface area contributed by atoms with Gasteiger partial charge in [-0.25, -0.2) is 0 Å². The lowest BCUT2D eigenvalue weighted by Gasteiger charge is -2.29. The smallest absolute Gasteiger partial charge is 0.488 e. The highest BCUT2D eigenvalue weighted by molar-refractivity contribution is 14.1. The molecule has 11 heteroatoms. The zero-order valence-corrected chi connectivity index (χ0v) is 16.7. The second-order valence-corrected chi connectivity index (χ2v) is 7.89.